The molecule has 2 aromatic heterocycles. The van der Waals surface area contributed by atoms with Crippen LogP contribution in [0.1, 0.15) is 5.56 Å². The van der Waals surface area contributed by atoms with Gasteiger partial charge in [-0.15, -0.1) is 11.3 Å². The predicted molar refractivity (Wildman–Crippen MR) is 90.8 cm³/mol. The van der Waals surface area contributed by atoms with E-state index in [0.717, 1.165) is 23.7 Å². The number of carbonyl (C=O) groups is 1. The SMILES string of the molecule is Cc1ccc2nc(N3CC(C(=O)Nc4nccs4)C3)sc2c1. The first-order chi connectivity index (χ1) is 10.7. The van der Waals surface area contributed by atoms with Crippen LogP contribution < -0.4 is 10.2 Å². The van der Waals surface area contributed by atoms with E-state index in [4.69, 9.17) is 0 Å². The molecule has 112 valence electrons. The van der Waals surface area contributed by atoms with Gasteiger partial charge in [0.05, 0.1) is 16.1 Å². The summed E-state index contributed by atoms with van der Waals surface area (Å²) in [7, 11) is 0. The van der Waals surface area contributed by atoms with E-state index in [1.54, 1.807) is 17.5 Å². The fourth-order valence-electron chi connectivity index (χ4n) is 2.45. The first-order valence-electron chi connectivity index (χ1n) is 7.01. The minimum absolute atomic E-state index is 0.0117. The molecule has 0 bridgehead atoms. The van der Waals surface area contributed by atoms with Crippen molar-refractivity contribution in [3.05, 3.63) is 35.3 Å². The first-order valence-corrected chi connectivity index (χ1v) is 8.71. The number of thiazole rings is 2. The second-order valence-electron chi connectivity index (χ2n) is 5.40. The van der Waals surface area contributed by atoms with Crippen LogP contribution in [0.4, 0.5) is 10.3 Å². The molecule has 4 rings (SSSR count). The van der Waals surface area contributed by atoms with Gasteiger partial charge in [0.25, 0.3) is 0 Å². The Morgan fingerprint density at radius 1 is 1.41 bits per heavy atom. The van der Waals surface area contributed by atoms with Crippen molar-refractivity contribution in [3.63, 3.8) is 0 Å². The molecule has 1 saturated heterocycles. The summed E-state index contributed by atoms with van der Waals surface area (Å²) in [4.78, 5) is 23.0. The van der Waals surface area contributed by atoms with Gasteiger partial charge < -0.3 is 10.2 Å². The van der Waals surface area contributed by atoms with Crippen molar-refractivity contribution in [3.8, 4) is 0 Å². The Bertz CT molecular complexity index is 821. The van der Waals surface area contributed by atoms with E-state index < -0.39 is 0 Å². The van der Waals surface area contributed by atoms with E-state index >= 15 is 0 Å². The standard InChI is InChI=1S/C15H14N4OS2/c1-9-2-3-11-12(6-9)22-15(17-11)19-7-10(8-19)13(20)18-14-16-4-5-21-14/h2-6,10H,7-8H2,1H3,(H,16,18,20). The third-order valence-corrected chi connectivity index (χ3v) is 5.49. The Morgan fingerprint density at radius 3 is 3.05 bits per heavy atom. The minimum atomic E-state index is 0.0117. The van der Waals surface area contributed by atoms with Crippen molar-refractivity contribution >= 4 is 49.1 Å². The lowest BCUT2D eigenvalue weighted by Gasteiger charge is -2.37. The fourth-order valence-corrected chi connectivity index (χ4v) is 4.06. The minimum Gasteiger partial charge on any atom is -0.346 e. The zero-order valence-corrected chi connectivity index (χ0v) is 13.6. The molecule has 1 aliphatic rings. The number of amides is 1. The van der Waals surface area contributed by atoms with Crippen molar-refractivity contribution in [2.24, 2.45) is 5.92 Å². The van der Waals surface area contributed by atoms with Crippen molar-refractivity contribution in [1.82, 2.24) is 9.97 Å². The molecular weight excluding hydrogens is 316 g/mol. The molecule has 0 aliphatic carbocycles. The van der Waals surface area contributed by atoms with Crippen LogP contribution in [0.15, 0.2) is 29.8 Å². The Balaban J connectivity index is 1.42. The second kappa shape index (κ2) is 5.33. The maximum Gasteiger partial charge on any atom is 0.232 e. The molecule has 1 aliphatic heterocycles. The van der Waals surface area contributed by atoms with Gasteiger partial charge in [-0.25, -0.2) is 9.97 Å². The highest BCUT2D eigenvalue weighted by Crippen LogP contribution is 2.33. The van der Waals surface area contributed by atoms with Gasteiger partial charge in [-0.05, 0) is 24.6 Å². The van der Waals surface area contributed by atoms with Gasteiger partial charge >= 0.3 is 0 Å². The van der Waals surface area contributed by atoms with E-state index in [9.17, 15) is 4.79 Å². The summed E-state index contributed by atoms with van der Waals surface area (Å²) < 4.78 is 1.20. The van der Waals surface area contributed by atoms with Crippen LogP contribution >= 0.6 is 22.7 Å². The number of benzene rings is 1. The van der Waals surface area contributed by atoms with Gasteiger partial charge in [-0.2, -0.15) is 0 Å². The monoisotopic (exact) mass is 330 g/mol. The van der Waals surface area contributed by atoms with Crippen LogP contribution in [0.2, 0.25) is 0 Å². The zero-order chi connectivity index (χ0) is 15.1. The lowest BCUT2D eigenvalue weighted by molar-refractivity contribution is -0.120. The maximum atomic E-state index is 12.1. The van der Waals surface area contributed by atoms with Gasteiger partial charge in [-0.3, -0.25) is 4.79 Å². The quantitative estimate of drug-likeness (QED) is 0.801. The molecular formula is C15H14N4OS2. The largest absolute Gasteiger partial charge is 0.346 e. The first kappa shape index (κ1) is 13.7. The molecule has 0 unspecified atom stereocenters. The Morgan fingerprint density at radius 2 is 2.27 bits per heavy atom. The van der Waals surface area contributed by atoms with Crippen LogP contribution in [0.5, 0.6) is 0 Å². The van der Waals surface area contributed by atoms with E-state index in [0.29, 0.717) is 5.13 Å². The highest BCUT2D eigenvalue weighted by atomic mass is 32.1. The number of aromatic nitrogens is 2. The number of nitrogens with zero attached hydrogens (tertiary/aromatic N) is 3. The second-order valence-corrected chi connectivity index (χ2v) is 7.30. The van der Waals surface area contributed by atoms with Crippen LogP contribution in [-0.4, -0.2) is 29.0 Å². The summed E-state index contributed by atoms with van der Waals surface area (Å²) in [6.07, 6.45) is 1.69. The summed E-state index contributed by atoms with van der Waals surface area (Å²) >= 11 is 3.13. The molecule has 3 aromatic rings. The molecule has 7 heteroatoms. The average molecular weight is 330 g/mol. The number of nitrogens with one attached hydrogen (secondary N) is 1. The number of carbonyl (C=O) groups excluding carboxylic acids is 1. The van der Waals surface area contributed by atoms with E-state index in [1.807, 2.05) is 5.38 Å². The molecule has 3 heterocycles. The molecule has 22 heavy (non-hydrogen) atoms. The summed E-state index contributed by atoms with van der Waals surface area (Å²) in [5, 5.41) is 6.37. The van der Waals surface area contributed by atoms with Crippen LogP contribution in [0, 0.1) is 12.8 Å². The zero-order valence-electron chi connectivity index (χ0n) is 11.9. The summed E-state index contributed by atoms with van der Waals surface area (Å²) in [5.41, 5.74) is 2.27. The average Bonchev–Trinajstić information content (AvgIpc) is 3.05. The number of hydrogen-bond acceptors (Lipinski definition) is 6. The number of hydrogen-bond donors (Lipinski definition) is 1. The number of aryl methyl sites for hydroxylation is 1. The lowest BCUT2D eigenvalue weighted by atomic mass is 10.0. The number of rotatable bonds is 3. The normalized spacial score (nSPS) is 15.0. The van der Waals surface area contributed by atoms with E-state index in [-0.39, 0.29) is 11.8 Å². The fraction of sp³-hybridized carbons (Fsp3) is 0.267. The van der Waals surface area contributed by atoms with E-state index in [2.05, 4.69) is 45.3 Å². The number of fused-ring (bicyclic) bond motifs is 1. The van der Waals surface area contributed by atoms with Crippen molar-refractivity contribution in [2.45, 2.75) is 6.92 Å². The Kier molecular flexibility index (Phi) is 3.31. The molecule has 1 aromatic carbocycles. The van der Waals surface area contributed by atoms with Crippen molar-refractivity contribution in [1.29, 1.82) is 0 Å². The van der Waals surface area contributed by atoms with Crippen molar-refractivity contribution in [2.75, 3.05) is 23.3 Å². The number of anilines is 2. The molecule has 0 atom stereocenters. The van der Waals surface area contributed by atoms with Crippen LogP contribution in [0.3, 0.4) is 0 Å². The Labute approximate surface area is 135 Å². The molecule has 1 fully saturated rings. The van der Waals surface area contributed by atoms with Gasteiger partial charge in [0.2, 0.25) is 5.91 Å². The van der Waals surface area contributed by atoms with Crippen LogP contribution in [-0.2, 0) is 4.79 Å². The predicted octanol–water partition coefficient (Wildman–Crippen LogP) is 3.14. The Hall–Kier alpha value is -1.99. The van der Waals surface area contributed by atoms with Gasteiger partial charge in [0.1, 0.15) is 0 Å². The van der Waals surface area contributed by atoms with Crippen molar-refractivity contribution < 1.29 is 4.79 Å². The highest BCUT2D eigenvalue weighted by molar-refractivity contribution is 7.22. The molecule has 5 nitrogen and oxygen atoms in total. The van der Waals surface area contributed by atoms with Crippen LogP contribution in [0.25, 0.3) is 10.2 Å². The van der Waals surface area contributed by atoms with Gasteiger partial charge in [-0.1, -0.05) is 17.4 Å². The topological polar surface area (TPSA) is 58.1 Å². The lowest BCUT2D eigenvalue weighted by Crippen LogP contribution is -2.52. The summed E-state index contributed by atoms with van der Waals surface area (Å²) in [6, 6.07) is 6.28. The third kappa shape index (κ3) is 2.46. The van der Waals surface area contributed by atoms with E-state index in [1.165, 1.54) is 21.6 Å². The highest BCUT2D eigenvalue weighted by Gasteiger charge is 2.34. The molecule has 0 radical (unpaired) electrons. The molecule has 0 saturated carbocycles. The maximum absolute atomic E-state index is 12.1. The van der Waals surface area contributed by atoms with Gasteiger partial charge in [0, 0.05) is 24.7 Å². The summed E-state index contributed by atoms with van der Waals surface area (Å²) in [6.45, 7) is 3.52. The molecule has 1 amide bonds. The molecule has 1 N–H and O–H groups in total. The third-order valence-electron chi connectivity index (χ3n) is 3.72. The summed E-state index contributed by atoms with van der Waals surface area (Å²) in [5.74, 6) is 0.0563. The van der Waals surface area contributed by atoms with Gasteiger partial charge in [0.15, 0.2) is 10.3 Å². The smallest absolute Gasteiger partial charge is 0.232 e. The molecule has 0 spiro atoms.